The Morgan fingerprint density at radius 1 is 1.00 bits per heavy atom. The molecule has 4 rings (SSSR count). The second-order valence-electron chi connectivity index (χ2n) is 6.78. The predicted molar refractivity (Wildman–Crippen MR) is 111 cm³/mol. The van der Waals surface area contributed by atoms with Crippen LogP contribution in [-0.2, 0) is 0 Å². The van der Waals surface area contributed by atoms with E-state index in [1.165, 1.54) is 0 Å². The minimum atomic E-state index is -0.214. The average Bonchev–Trinajstić information content (AvgIpc) is 3.26. The summed E-state index contributed by atoms with van der Waals surface area (Å²) in [4.78, 5) is 13.0. The number of nitrogens with one attached hydrogen (secondary N) is 1. The number of benzene rings is 2. The van der Waals surface area contributed by atoms with Crippen molar-refractivity contribution in [2.24, 2.45) is 0 Å². The number of rotatable bonds is 5. The molecule has 0 atom stereocenters. The third kappa shape index (κ3) is 3.78. The topological polar surface area (TPSA) is 69.3 Å². The van der Waals surface area contributed by atoms with Gasteiger partial charge in [0.15, 0.2) is 11.6 Å². The van der Waals surface area contributed by atoms with Gasteiger partial charge in [0, 0.05) is 17.5 Å². The molecule has 0 bridgehead atoms. The number of aryl methyl sites for hydroxylation is 2. The van der Waals surface area contributed by atoms with Crippen LogP contribution in [0.25, 0.3) is 5.82 Å². The number of amides is 1. The van der Waals surface area contributed by atoms with Gasteiger partial charge in [0.2, 0.25) is 0 Å². The molecular formula is C23H21N3O3. The maximum absolute atomic E-state index is 13.0. The molecule has 29 heavy (non-hydrogen) atoms. The number of para-hydroxylation sites is 3. The smallest absolute Gasteiger partial charge is 0.257 e. The summed E-state index contributed by atoms with van der Waals surface area (Å²) in [5, 5.41) is 7.03. The monoisotopic (exact) mass is 387 g/mol. The van der Waals surface area contributed by atoms with Crippen LogP contribution in [0.15, 0.2) is 71.3 Å². The van der Waals surface area contributed by atoms with Gasteiger partial charge >= 0.3 is 0 Å². The summed E-state index contributed by atoms with van der Waals surface area (Å²) in [5.74, 6) is 2.44. The third-order valence-electron chi connectivity index (χ3n) is 4.63. The van der Waals surface area contributed by atoms with Gasteiger partial charge < -0.3 is 14.6 Å². The Hall–Kier alpha value is -3.80. The van der Waals surface area contributed by atoms with E-state index in [-0.39, 0.29) is 5.91 Å². The second-order valence-corrected chi connectivity index (χ2v) is 6.78. The first-order valence-corrected chi connectivity index (χ1v) is 9.29. The number of hydrogen-bond donors (Lipinski definition) is 1. The molecule has 0 unspecified atom stereocenters. The van der Waals surface area contributed by atoms with Gasteiger partial charge in [0.05, 0.1) is 11.3 Å². The van der Waals surface area contributed by atoms with E-state index in [9.17, 15) is 4.79 Å². The normalized spacial score (nSPS) is 10.7. The zero-order valence-electron chi connectivity index (χ0n) is 16.5. The van der Waals surface area contributed by atoms with Crippen LogP contribution in [0.4, 0.5) is 5.69 Å². The summed E-state index contributed by atoms with van der Waals surface area (Å²) in [6.07, 6.45) is 0. The second kappa shape index (κ2) is 7.67. The van der Waals surface area contributed by atoms with Crippen LogP contribution in [0.1, 0.15) is 27.5 Å². The highest BCUT2D eigenvalue weighted by Gasteiger charge is 2.19. The van der Waals surface area contributed by atoms with E-state index in [2.05, 4.69) is 10.5 Å². The molecule has 0 saturated heterocycles. The molecular weight excluding hydrogens is 366 g/mol. The molecule has 1 amide bonds. The molecule has 2 heterocycles. The number of carbonyl (C=O) groups is 1. The van der Waals surface area contributed by atoms with Crippen molar-refractivity contribution in [1.82, 2.24) is 9.72 Å². The molecule has 6 heteroatoms. The fourth-order valence-corrected chi connectivity index (χ4v) is 3.27. The number of ether oxygens (including phenoxy) is 1. The highest BCUT2D eigenvalue weighted by molar-refractivity contribution is 6.06. The van der Waals surface area contributed by atoms with E-state index >= 15 is 0 Å². The molecule has 2 aromatic heterocycles. The molecule has 1 N–H and O–H groups in total. The molecule has 0 aliphatic heterocycles. The van der Waals surface area contributed by atoms with Gasteiger partial charge in [-0.05, 0) is 51.1 Å². The number of anilines is 1. The van der Waals surface area contributed by atoms with Crippen molar-refractivity contribution in [1.29, 1.82) is 0 Å². The van der Waals surface area contributed by atoms with E-state index in [4.69, 9.17) is 9.26 Å². The van der Waals surface area contributed by atoms with E-state index in [0.717, 1.165) is 11.4 Å². The number of carbonyl (C=O) groups excluding carboxylic acids is 1. The SMILES string of the molecule is Cc1cc(-n2c(C)cc(C(=O)Nc3ccccc3Oc3ccccc3)c2C)no1. The van der Waals surface area contributed by atoms with Crippen LogP contribution in [0.3, 0.4) is 0 Å². The summed E-state index contributed by atoms with van der Waals surface area (Å²) in [7, 11) is 0. The average molecular weight is 387 g/mol. The van der Waals surface area contributed by atoms with Crippen molar-refractivity contribution >= 4 is 11.6 Å². The highest BCUT2D eigenvalue weighted by Crippen LogP contribution is 2.30. The summed E-state index contributed by atoms with van der Waals surface area (Å²) in [6.45, 7) is 5.65. The van der Waals surface area contributed by atoms with Crippen molar-refractivity contribution in [2.45, 2.75) is 20.8 Å². The van der Waals surface area contributed by atoms with E-state index in [1.807, 2.05) is 92.1 Å². The van der Waals surface area contributed by atoms with Crippen molar-refractivity contribution in [3.63, 3.8) is 0 Å². The van der Waals surface area contributed by atoms with Crippen LogP contribution >= 0.6 is 0 Å². The van der Waals surface area contributed by atoms with E-state index in [0.29, 0.717) is 34.3 Å². The lowest BCUT2D eigenvalue weighted by Gasteiger charge is -2.12. The Bertz CT molecular complexity index is 1160. The molecule has 0 fully saturated rings. The van der Waals surface area contributed by atoms with Gasteiger partial charge in [-0.2, -0.15) is 0 Å². The van der Waals surface area contributed by atoms with Crippen molar-refractivity contribution in [3.05, 3.63) is 89.4 Å². The van der Waals surface area contributed by atoms with Gasteiger partial charge in [-0.25, -0.2) is 0 Å². The lowest BCUT2D eigenvalue weighted by molar-refractivity contribution is 0.102. The zero-order chi connectivity index (χ0) is 20.4. The van der Waals surface area contributed by atoms with Crippen molar-refractivity contribution < 1.29 is 14.1 Å². The zero-order valence-corrected chi connectivity index (χ0v) is 16.5. The Balaban J connectivity index is 1.61. The first-order chi connectivity index (χ1) is 14.0. The summed E-state index contributed by atoms with van der Waals surface area (Å²) < 4.78 is 13.0. The van der Waals surface area contributed by atoms with Gasteiger partial charge in [-0.15, -0.1) is 0 Å². The standard InChI is InChI=1S/C23H21N3O3/c1-15-13-19(17(3)26(15)22-14-16(2)29-25-22)23(27)24-20-11-7-8-12-21(20)28-18-9-5-4-6-10-18/h4-14H,1-3H3,(H,24,27). The molecule has 146 valence electrons. The number of hydrogen-bond acceptors (Lipinski definition) is 4. The van der Waals surface area contributed by atoms with E-state index in [1.54, 1.807) is 0 Å². The molecule has 0 radical (unpaired) electrons. The fourth-order valence-electron chi connectivity index (χ4n) is 3.27. The lowest BCUT2D eigenvalue weighted by Crippen LogP contribution is -2.13. The third-order valence-corrected chi connectivity index (χ3v) is 4.63. The predicted octanol–water partition coefficient (Wildman–Crippen LogP) is 5.44. The Morgan fingerprint density at radius 2 is 1.72 bits per heavy atom. The van der Waals surface area contributed by atoms with Crippen LogP contribution < -0.4 is 10.1 Å². The van der Waals surface area contributed by atoms with Crippen LogP contribution in [-0.4, -0.2) is 15.6 Å². The van der Waals surface area contributed by atoms with Crippen molar-refractivity contribution in [3.8, 4) is 17.3 Å². The fraction of sp³-hybridized carbons (Fsp3) is 0.130. The summed E-state index contributed by atoms with van der Waals surface area (Å²) >= 11 is 0. The first kappa shape index (κ1) is 18.6. The summed E-state index contributed by atoms with van der Waals surface area (Å²) in [5.41, 5.74) is 2.85. The highest BCUT2D eigenvalue weighted by atomic mass is 16.5. The lowest BCUT2D eigenvalue weighted by atomic mass is 10.2. The van der Waals surface area contributed by atoms with Crippen LogP contribution in [0.2, 0.25) is 0 Å². The number of nitrogens with zero attached hydrogens (tertiary/aromatic N) is 2. The molecule has 6 nitrogen and oxygen atoms in total. The summed E-state index contributed by atoms with van der Waals surface area (Å²) in [6, 6.07) is 20.5. The van der Waals surface area contributed by atoms with Crippen LogP contribution in [0, 0.1) is 20.8 Å². The van der Waals surface area contributed by atoms with Gasteiger partial charge in [0.1, 0.15) is 11.5 Å². The molecule has 0 spiro atoms. The minimum absolute atomic E-state index is 0.214. The minimum Gasteiger partial charge on any atom is -0.455 e. The Labute approximate surface area is 168 Å². The molecule has 2 aromatic carbocycles. The van der Waals surface area contributed by atoms with Gasteiger partial charge in [-0.3, -0.25) is 9.36 Å². The maximum atomic E-state index is 13.0. The molecule has 0 aliphatic carbocycles. The maximum Gasteiger partial charge on any atom is 0.257 e. The van der Waals surface area contributed by atoms with Crippen LogP contribution in [0.5, 0.6) is 11.5 Å². The van der Waals surface area contributed by atoms with Gasteiger partial charge in [-0.1, -0.05) is 35.5 Å². The molecule has 0 saturated carbocycles. The first-order valence-electron chi connectivity index (χ1n) is 9.29. The van der Waals surface area contributed by atoms with Gasteiger partial charge in [0.25, 0.3) is 5.91 Å². The number of aromatic nitrogens is 2. The van der Waals surface area contributed by atoms with E-state index < -0.39 is 0 Å². The Kier molecular flexibility index (Phi) is 4.91. The van der Waals surface area contributed by atoms with Crippen molar-refractivity contribution in [2.75, 3.05) is 5.32 Å². The molecule has 0 aliphatic rings. The molecule has 4 aromatic rings. The largest absolute Gasteiger partial charge is 0.455 e. The Morgan fingerprint density at radius 3 is 2.45 bits per heavy atom. The quantitative estimate of drug-likeness (QED) is 0.495.